The molecule has 0 aromatic carbocycles. The van der Waals surface area contributed by atoms with Gasteiger partial charge in [-0.05, 0) is 25.7 Å². The Balaban J connectivity index is 1.95. The number of nitrogens with zero attached hydrogens (tertiary/aromatic N) is 3. The van der Waals surface area contributed by atoms with Crippen molar-refractivity contribution in [2.75, 3.05) is 6.54 Å². The molecule has 1 fully saturated rings. The fourth-order valence-electron chi connectivity index (χ4n) is 1.85. The fraction of sp³-hybridized carbons (Fsp3) is 0.455. The summed E-state index contributed by atoms with van der Waals surface area (Å²) in [6, 6.07) is 0. The first-order valence-electron chi connectivity index (χ1n) is 5.88. The normalized spacial score (nSPS) is 14.9. The monoisotopic (exact) mass is 247 g/mol. The Morgan fingerprint density at radius 2 is 2.39 bits per heavy atom. The fourth-order valence-corrected chi connectivity index (χ4v) is 1.85. The Hall–Kier alpha value is -2.18. The van der Waals surface area contributed by atoms with E-state index in [1.54, 1.807) is 13.1 Å². The summed E-state index contributed by atoms with van der Waals surface area (Å²) in [5, 5.41) is 10.3. The van der Waals surface area contributed by atoms with Crippen LogP contribution in [0.4, 0.5) is 0 Å². The Bertz CT molecular complexity index is 668. The molecule has 2 heterocycles. The van der Waals surface area contributed by atoms with Crippen LogP contribution in [0.25, 0.3) is 5.52 Å². The van der Waals surface area contributed by atoms with E-state index in [0.717, 1.165) is 12.8 Å². The van der Waals surface area contributed by atoms with Crippen LogP contribution in [0.2, 0.25) is 0 Å². The van der Waals surface area contributed by atoms with Crippen LogP contribution in [0.3, 0.4) is 0 Å². The van der Waals surface area contributed by atoms with Gasteiger partial charge in [0.1, 0.15) is 0 Å². The van der Waals surface area contributed by atoms with Crippen molar-refractivity contribution in [2.24, 2.45) is 5.92 Å². The molecule has 1 aliphatic rings. The zero-order chi connectivity index (χ0) is 12.7. The van der Waals surface area contributed by atoms with Crippen LogP contribution in [0.1, 0.15) is 29.0 Å². The summed E-state index contributed by atoms with van der Waals surface area (Å²) in [6.45, 7) is 2.39. The van der Waals surface area contributed by atoms with Crippen LogP contribution in [-0.4, -0.2) is 32.3 Å². The van der Waals surface area contributed by atoms with Gasteiger partial charge >= 0.3 is 0 Å². The lowest BCUT2D eigenvalue weighted by molar-refractivity contribution is 0.0948. The lowest BCUT2D eigenvalue weighted by Crippen LogP contribution is -2.27. The first kappa shape index (κ1) is 10.9. The summed E-state index contributed by atoms with van der Waals surface area (Å²) in [5.74, 6) is 0.238. The third-order valence-electron chi connectivity index (χ3n) is 3.00. The van der Waals surface area contributed by atoms with E-state index in [2.05, 4.69) is 20.6 Å². The lowest BCUT2D eigenvalue weighted by Gasteiger charge is -2.00. The van der Waals surface area contributed by atoms with Crippen molar-refractivity contribution in [2.45, 2.75) is 19.8 Å². The maximum atomic E-state index is 11.9. The third kappa shape index (κ3) is 1.87. The van der Waals surface area contributed by atoms with Crippen LogP contribution >= 0.6 is 0 Å². The molecule has 18 heavy (non-hydrogen) atoms. The molecule has 94 valence electrons. The van der Waals surface area contributed by atoms with Crippen molar-refractivity contribution in [1.29, 1.82) is 0 Å². The minimum atomic E-state index is -0.350. The van der Waals surface area contributed by atoms with Crippen molar-refractivity contribution >= 4 is 11.4 Å². The van der Waals surface area contributed by atoms with Crippen LogP contribution < -0.4 is 10.9 Å². The highest BCUT2D eigenvalue weighted by Crippen LogP contribution is 2.27. The molecule has 0 saturated heterocycles. The number of aromatic amines is 1. The number of nitrogens with one attached hydrogen (secondary N) is 2. The minimum absolute atomic E-state index is 0.0805. The number of aromatic nitrogens is 4. The topological polar surface area (TPSA) is 92.2 Å². The summed E-state index contributed by atoms with van der Waals surface area (Å²) in [6.07, 6.45) is 3.94. The average molecular weight is 247 g/mol. The summed E-state index contributed by atoms with van der Waals surface area (Å²) in [5.41, 5.74) is 0.588. The first-order valence-corrected chi connectivity index (χ1v) is 5.88. The van der Waals surface area contributed by atoms with E-state index in [1.807, 2.05) is 0 Å². The molecular formula is C11H13N5O2. The lowest BCUT2D eigenvalue weighted by atomic mass is 10.3. The van der Waals surface area contributed by atoms with Crippen molar-refractivity contribution in [1.82, 2.24) is 25.1 Å². The molecule has 3 rings (SSSR count). The molecule has 0 atom stereocenters. The predicted molar refractivity (Wildman–Crippen MR) is 63.4 cm³/mol. The number of amides is 1. The largest absolute Gasteiger partial charge is 0.350 e. The standard InChI is InChI=1S/C11H13N5O2/c1-6-5-16-9(11(18)13-6)8(14-15-16)10(17)12-4-7-2-3-7/h5,7H,2-4H2,1H3,(H,12,17)(H,13,18). The van der Waals surface area contributed by atoms with Gasteiger partial charge in [0.15, 0.2) is 11.2 Å². The molecule has 1 aliphatic carbocycles. The minimum Gasteiger partial charge on any atom is -0.350 e. The van der Waals surface area contributed by atoms with Gasteiger partial charge in [0.05, 0.1) is 6.20 Å². The SMILES string of the molecule is Cc1cn2nnc(C(=O)NCC3CC3)c2c(=O)[nH]1. The van der Waals surface area contributed by atoms with Gasteiger partial charge in [0.25, 0.3) is 11.5 Å². The van der Waals surface area contributed by atoms with E-state index in [9.17, 15) is 9.59 Å². The smallest absolute Gasteiger partial charge is 0.276 e. The number of fused-ring (bicyclic) bond motifs is 1. The molecule has 0 aliphatic heterocycles. The molecule has 1 saturated carbocycles. The van der Waals surface area contributed by atoms with Crippen LogP contribution in [-0.2, 0) is 0 Å². The molecule has 7 heteroatoms. The van der Waals surface area contributed by atoms with E-state index < -0.39 is 0 Å². The second-order valence-electron chi connectivity index (χ2n) is 4.65. The number of carbonyl (C=O) groups is 1. The van der Waals surface area contributed by atoms with Crippen molar-refractivity contribution in [3.63, 3.8) is 0 Å². The Kier molecular flexibility index (Phi) is 2.39. The van der Waals surface area contributed by atoms with Crippen LogP contribution in [0, 0.1) is 12.8 Å². The van der Waals surface area contributed by atoms with Crippen LogP contribution in [0.5, 0.6) is 0 Å². The number of hydrogen-bond acceptors (Lipinski definition) is 4. The second kappa shape index (κ2) is 3.94. The Morgan fingerprint density at radius 3 is 3.11 bits per heavy atom. The average Bonchev–Trinajstić information content (AvgIpc) is 3.04. The summed E-state index contributed by atoms with van der Waals surface area (Å²) in [7, 11) is 0. The summed E-state index contributed by atoms with van der Waals surface area (Å²) >= 11 is 0. The zero-order valence-corrected chi connectivity index (χ0v) is 9.93. The van der Waals surface area contributed by atoms with Gasteiger partial charge in [0, 0.05) is 12.2 Å². The molecular weight excluding hydrogens is 234 g/mol. The second-order valence-corrected chi connectivity index (χ2v) is 4.65. The van der Waals surface area contributed by atoms with Gasteiger partial charge < -0.3 is 10.3 Å². The zero-order valence-electron chi connectivity index (χ0n) is 9.93. The summed E-state index contributed by atoms with van der Waals surface area (Å²) < 4.78 is 1.33. The maximum Gasteiger partial charge on any atom is 0.276 e. The molecule has 2 N–H and O–H groups in total. The molecule has 0 spiro atoms. The van der Waals surface area contributed by atoms with Gasteiger partial charge in [-0.1, -0.05) is 5.21 Å². The van der Waals surface area contributed by atoms with E-state index >= 15 is 0 Å². The highest BCUT2D eigenvalue weighted by Gasteiger charge is 2.24. The number of aryl methyl sites for hydroxylation is 1. The third-order valence-corrected chi connectivity index (χ3v) is 3.00. The molecule has 0 bridgehead atoms. The molecule has 2 aromatic rings. The van der Waals surface area contributed by atoms with Crippen molar-refractivity contribution in [3.05, 3.63) is 27.9 Å². The number of rotatable bonds is 3. The Labute approximate surface area is 102 Å². The maximum absolute atomic E-state index is 11.9. The highest BCUT2D eigenvalue weighted by atomic mass is 16.2. The first-order chi connectivity index (χ1) is 8.65. The predicted octanol–water partition coefficient (Wildman–Crippen LogP) is -0.134. The molecule has 2 aromatic heterocycles. The van der Waals surface area contributed by atoms with Crippen LogP contribution in [0.15, 0.2) is 11.0 Å². The Morgan fingerprint density at radius 1 is 1.61 bits per heavy atom. The molecule has 7 nitrogen and oxygen atoms in total. The van der Waals surface area contributed by atoms with E-state index in [0.29, 0.717) is 18.2 Å². The van der Waals surface area contributed by atoms with Gasteiger partial charge in [-0.2, -0.15) is 0 Å². The molecule has 0 radical (unpaired) electrons. The van der Waals surface area contributed by atoms with Gasteiger partial charge in [-0.25, -0.2) is 4.52 Å². The molecule has 0 unspecified atom stereocenters. The van der Waals surface area contributed by atoms with E-state index in [1.165, 1.54) is 4.52 Å². The van der Waals surface area contributed by atoms with Gasteiger partial charge in [-0.15, -0.1) is 5.10 Å². The van der Waals surface area contributed by atoms with Crippen molar-refractivity contribution in [3.8, 4) is 0 Å². The van der Waals surface area contributed by atoms with Gasteiger partial charge in [0.2, 0.25) is 0 Å². The number of carbonyl (C=O) groups excluding carboxylic acids is 1. The quantitative estimate of drug-likeness (QED) is 0.790. The molecule has 1 amide bonds. The van der Waals surface area contributed by atoms with E-state index in [4.69, 9.17) is 0 Å². The highest BCUT2D eigenvalue weighted by molar-refractivity contribution is 5.98. The van der Waals surface area contributed by atoms with Gasteiger partial charge in [-0.3, -0.25) is 9.59 Å². The summed E-state index contributed by atoms with van der Waals surface area (Å²) in [4.78, 5) is 26.3. The van der Waals surface area contributed by atoms with Crippen molar-refractivity contribution < 1.29 is 4.79 Å². The number of H-pyrrole nitrogens is 1. The van der Waals surface area contributed by atoms with E-state index in [-0.39, 0.29) is 22.7 Å². The number of hydrogen-bond donors (Lipinski definition) is 2.